The fourth-order valence-corrected chi connectivity index (χ4v) is 2.94. The number of hydrogen-bond acceptors (Lipinski definition) is 4. The van der Waals surface area contributed by atoms with Crippen LogP contribution >= 0.6 is 0 Å². The molecule has 0 heterocycles. The Morgan fingerprint density at radius 3 is 2.30 bits per heavy atom. The van der Waals surface area contributed by atoms with Gasteiger partial charge in [0, 0.05) is 6.54 Å². The molecule has 0 spiro atoms. The first kappa shape index (κ1) is 20.6. The molecule has 27 heavy (non-hydrogen) atoms. The molecule has 0 aliphatic carbocycles. The lowest BCUT2D eigenvalue weighted by Crippen LogP contribution is -2.37. The Kier molecular flexibility index (Phi) is 7.53. The van der Waals surface area contributed by atoms with E-state index in [0.717, 1.165) is 41.0 Å². The van der Waals surface area contributed by atoms with Crippen molar-refractivity contribution in [2.24, 2.45) is 0 Å². The molecule has 1 atom stereocenters. The van der Waals surface area contributed by atoms with Gasteiger partial charge in [-0.1, -0.05) is 12.1 Å². The van der Waals surface area contributed by atoms with Gasteiger partial charge in [-0.05, 0) is 74.6 Å². The Hall–Kier alpha value is -2.69. The Morgan fingerprint density at radius 2 is 1.67 bits per heavy atom. The van der Waals surface area contributed by atoms with E-state index in [1.54, 1.807) is 21.1 Å². The van der Waals surface area contributed by atoms with Gasteiger partial charge in [-0.15, -0.1) is 0 Å². The van der Waals surface area contributed by atoms with Gasteiger partial charge in [0.1, 0.15) is 5.75 Å². The van der Waals surface area contributed by atoms with E-state index in [0.29, 0.717) is 12.3 Å². The number of rotatable bonds is 9. The van der Waals surface area contributed by atoms with E-state index in [1.807, 2.05) is 44.2 Å². The smallest absolute Gasteiger partial charge is 0.260 e. The minimum absolute atomic E-state index is 0.110. The minimum Gasteiger partial charge on any atom is -0.493 e. The van der Waals surface area contributed by atoms with Crippen LogP contribution < -0.4 is 19.5 Å². The van der Waals surface area contributed by atoms with E-state index in [1.165, 1.54) is 0 Å². The van der Waals surface area contributed by atoms with Crippen molar-refractivity contribution in [1.82, 2.24) is 5.32 Å². The molecule has 1 N–H and O–H groups in total. The van der Waals surface area contributed by atoms with Gasteiger partial charge in [-0.3, -0.25) is 4.79 Å². The summed E-state index contributed by atoms with van der Waals surface area (Å²) in [5.74, 6) is 2.04. The van der Waals surface area contributed by atoms with Crippen molar-refractivity contribution >= 4 is 5.91 Å². The molecular formula is C22H29NO4. The summed E-state index contributed by atoms with van der Waals surface area (Å²) in [7, 11) is 3.24. The molecule has 1 unspecified atom stereocenters. The highest BCUT2D eigenvalue weighted by Crippen LogP contribution is 2.27. The minimum atomic E-state index is -0.535. The normalized spacial score (nSPS) is 11.6. The number of aryl methyl sites for hydroxylation is 3. The van der Waals surface area contributed by atoms with Gasteiger partial charge in [-0.2, -0.15) is 0 Å². The van der Waals surface area contributed by atoms with E-state index in [2.05, 4.69) is 11.4 Å². The van der Waals surface area contributed by atoms with Crippen LogP contribution in [0, 0.1) is 13.8 Å². The van der Waals surface area contributed by atoms with Crippen molar-refractivity contribution < 1.29 is 19.0 Å². The zero-order valence-corrected chi connectivity index (χ0v) is 16.8. The summed E-state index contributed by atoms with van der Waals surface area (Å²) in [6, 6.07) is 11.8. The predicted octanol–water partition coefficient (Wildman–Crippen LogP) is 3.84. The predicted molar refractivity (Wildman–Crippen MR) is 107 cm³/mol. The van der Waals surface area contributed by atoms with Crippen LogP contribution in [0.5, 0.6) is 17.2 Å². The van der Waals surface area contributed by atoms with Gasteiger partial charge in [-0.25, -0.2) is 0 Å². The highest BCUT2D eigenvalue weighted by Gasteiger charge is 2.14. The lowest BCUT2D eigenvalue weighted by Gasteiger charge is -2.16. The number of nitrogens with one attached hydrogen (secondary N) is 1. The molecular weight excluding hydrogens is 342 g/mol. The Morgan fingerprint density at radius 1 is 1.00 bits per heavy atom. The third-order valence-electron chi connectivity index (χ3n) is 4.27. The summed E-state index contributed by atoms with van der Waals surface area (Å²) in [4.78, 5) is 12.2. The molecule has 0 fully saturated rings. The molecule has 0 radical (unpaired) electrons. The Bertz CT molecular complexity index is 753. The number of benzene rings is 2. The maximum atomic E-state index is 12.2. The largest absolute Gasteiger partial charge is 0.493 e. The average Bonchev–Trinajstić information content (AvgIpc) is 2.63. The fraction of sp³-hybridized carbons (Fsp3) is 0.409. The molecule has 146 valence electrons. The highest BCUT2D eigenvalue weighted by atomic mass is 16.5. The van der Waals surface area contributed by atoms with Crippen LogP contribution in [0.15, 0.2) is 36.4 Å². The molecule has 5 heteroatoms. The SMILES string of the molecule is COc1ccc(CCCNC(=O)C(C)Oc2cc(C)cc(C)c2)cc1OC. The molecule has 0 saturated heterocycles. The van der Waals surface area contributed by atoms with Crippen LogP contribution in [-0.2, 0) is 11.2 Å². The van der Waals surface area contributed by atoms with Gasteiger partial charge >= 0.3 is 0 Å². The van der Waals surface area contributed by atoms with Crippen LogP contribution in [0.4, 0.5) is 0 Å². The monoisotopic (exact) mass is 371 g/mol. The second kappa shape index (κ2) is 9.86. The maximum absolute atomic E-state index is 12.2. The van der Waals surface area contributed by atoms with Crippen molar-refractivity contribution in [1.29, 1.82) is 0 Å². The highest BCUT2D eigenvalue weighted by molar-refractivity contribution is 5.80. The molecule has 5 nitrogen and oxygen atoms in total. The topological polar surface area (TPSA) is 56.8 Å². The van der Waals surface area contributed by atoms with Gasteiger partial charge in [0.15, 0.2) is 17.6 Å². The summed E-state index contributed by atoms with van der Waals surface area (Å²) in [5.41, 5.74) is 3.38. The number of ether oxygens (including phenoxy) is 3. The van der Waals surface area contributed by atoms with Crippen LogP contribution in [0.3, 0.4) is 0 Å². The summed E-state index contributed by atoms with van der Waals surface area (Å²) >= 11 is 0. The van der Waals surface area contributed by atoms with Crippen molar-refractivity contribution in [3.05, 3.63) is 53.1 Å². The second-order valence-electron chi connectivity index (χ2n) is 6.67. The number of carbonyl (C=O) groups excluding carboxylic acids is 1. The van der Waals surface area contributed by atoms with Crippen molar-refractivity contribution in [3.63, 3.8) is 0 Å². The first-order valence-corrected chi connectivity index (χ1v) is 9.16. The van der Waals surface area contributed by atoms with Gasteiger partial charge < -0.3 is 19.5 Å². The number of hydrogen-bond donors (Lipinski definition) is 1. The molecule has 0 aliphatic heterocycles. The standard InChI is InChI=1S/C22H29NO4/c1-15-11-16(2)13-19(12-15)27-17(3)22(24)23-10-6-7-18-8-9-20(25-4)21(14-18)26-5/h8-9,11-14,17H,6-7,10H2,1-5H3,(H,23,24). The van der Waals surface area contributed by atoms with E-state index in [9.17, 15) is 4.79 Å². The van der Waals surface area contributed by atoms with Crippen LogP contribution in [0.25, 0.3) is 0 Å². The van der Waals surface area contributed by atoms with Crippen molar-refractivity contribution in [2.45, 2.75) is 39.7 Å². The summed E-state index contributed by atoms with van der Waals surface area (Å²) in [6.07, 6.45) is 1.14. The zero-order chi connectivity index (χ0) is 19.8. The van der Waals surface area contributed by atoms with E-state index >= 15 is 0 Å². The summed E-state index contributed by atoms with van der Waals surface area (Å²) < 4.78 is 16.3. The third-order valence-corrected chi connectivity index (χ3v) is 4.27. The molecule has 0 saturated carbocycles. The van der Waals surface area contributed by atoms with E-state index in [-0.39, 0.29) is 5.91 Å². The van der Waals surface area contributed by atoms with E-state index < -0.39 is 6.10 Å². The fourth-order valence-electron chi connectivity index (χ4n) is 2.94. The quantitative estimate of drug-likeness (QED) is 0.681. The van der Waals surface area contributed by atoms with Crippen molar-refractivity contribution in [2.75, 3.05) is 20.8 Å². The van der Waals surface area contributed by atoms with Gasteiger partial charge in [0.25, 0.3) is 5.91 Å². The molecule has 0 bridgehead atoms. The number of amides is 1. The van der Waals surface area contributed by atoms with Gasteiger partial charge in [0.05, 0.1) is 14.2 Å². The first-order chi connectivity index (χ1) is 12.9. The molecule has 2 aromatic carbocycles. The van der Waals surface area contributed by atoms with E-state index in [4.69, 9.17) is 14.2 Å². The Balaban J connectivity index is 1.78. The molecule has 0 aliphatic rings. The van der Waals surface area contributed by atoms with Crippen LogP contribution in [-0.4, -0.2) is 32.8 Å². The maximum Gasteiger partial charge on any atom is 0.260 e. The second-order valence-corrected chi connectivity index (χ2v) is 6.67. The number of carbonyl (C=O) groups is 1. The Labute approximate surface area is 161 Å². The van der Waals surface area contributed by atoms with Crippen LogP contribution in [0.2, 0.25) is 0 Å². The van der Waals surface area contributed by atoms with Crippen LogP contribution in [0.1, 0.15) is 30.0 Å². The molecule has 1 amide bonds. The molecule has 2 aromatic rings. The molecule has 2 rings (SSSR count). The summed E-state index contributed by atoms with van der Waals surface area (Å²) in [6.45, 7) is 6.38. The zero-order valence-electron chi connectivity index (χ0n) is 16.8. The van der Waals surface area contributed by atoms with Gasteiger partial charge in [0.2, 0.25) is 0 Å². The third kappa shape index (κ3) is 6.20. The lowest BCUT2D eigenvalue weighted by molar-refractivity contribution is -0.127. The average molecular weight is 371 g/mol. The first-order valence-electron chi connectivity index (χ1n) is 9.16. The number of methoxy groups -OCH3 is 2. The lowest BCUT2D eigenvalue weighted by atomic mass is 10.1. The molecule has 0 aromatic heterocycles. The summed E-state index contributed by atoms with van der Waals surface area (Å²) in [5, 5.41) is 2.93. The van der Waals surface area contributed by atoms with Crippen molar-refractivity contribution in [3.8, 4) is 17.2 Å².